The minimum atomic E-state index is -4.00. The minimum absolute atomic E-state index is 0.111. The SMILES string of the molecule is C#CC(c1cccc(N(C)S(=O)(=O)c2ccc(C)cc2)c1)(c1cccc(N(C)S(=O)(=O)c2ccc(C)cc2)c1)c1cccc(N(C)S(=O)(=O)c2ccc(C)cc2)c1. The molecule has 0 bridgehead atoms. The first-order valence-corrected chi connectivity index (χ1v) is 22.2. The standard InChI is InChI=1S/C45H43N3O6S3/c1-8-45(36-12-9-15-39(30-36)46(5)55(49,50)42-24-18-33(2)19-25-42,37-13-10-16-40(31-37)47(6)56(51,52)43-26-20-34(3)21-27-43)38-14-11-17-41(32-38)48(7)57(53,54)44-28-22-35(4)23-29-44/h1,9-32H,2-7H3. The first-order valence-electron chi connectivity index (χ1n) is 17.9. The number of hydrogen-bond acceptors (Lipinski definition) is 6. The number of aryl methyl sites for hydroxylation is 3. The van der Waals surface area contributed by atoms with Crippen molar-refractivity contribution in [3.05, 3.63) is 179 Å². The minimum Gasteiger partial charge on any atom is -0.269 e. The van der Waals surface area contributed by atoms with Crippen molar-refractivity contribution < 1.29 is 25.3 Å². The fourth-order valence-corrected chi connectivity index (χ4v) is 10.1. The van der Waals surface area contributed by atoms with Crippen LogP contribution >= 0.6 is 0 Å². The third kappa shape index (κ3) is 7.66. The maximum Gasteiger partial charge on any atom is 0.264 e. The first kappa shape index (κ1) is 40.8. The second-order valence-electron chi connectivity index (χ2n) is 13.9. The highest BCUT2D eigenvalue weighted by Gasteiger charge is 2.37. The number of rotatable bonds is 12. The van der Waals surface area contributed by atoms with Gasteiger partial charge in [-0.1, -0.05) is 95.4 Å². The van der Waals surface area contributed by atoms with E-state index in [4.69, 9.17) is 6.42 Å². The first-order chi connectivity index (χ1) is 26.9. The van der Waals surface area contributed by atoms with Gasteiger partial charge in [0.25, 0.3) is 30.1 Å². The largest absolute Gasteiger partial charge is 0.269 e. The van der Waals surface area contributed by atoms with Gasteiger partial charge in [-0.3, -0.25) is 12.9 Å². The number of terminal acetylenes is 1. The quantitative estimate of drug-likeness (QED) is 0.0913. The fraction of sp³-hybridized carbons (Fsp3) is 0.156. The maximum atomic E-state index is 13.9. The molecule has 12 heteroatoms. The molecule has 0 N–H and O–H groups in total. The van der Waals surface area contributed by atoms with Gasteiger partial charge < -0.3 is 0 Å². The van der Waals surface area contributed by atoms with Gasteiger partial charge in [0, 0.05) is 21.1 Å². The van der Waals surface area contributed by atoms with E-state index in [9.17, 15) is 25.3 Å². The molecule has 6 aromatic carbocycles. The van der Waals surface area contributed by atoms with Crippen LogP contribution in [0, 0.1) is 33.1 Å². The summed E-state index contributed by atoms with van der Waals surface area (Å²) in [4.78, 5) is 0.334. The summed E-state index contributed by atoms with van der Waals surface area (Å²) in [5.41, 5.74) is 3.64. The summed E-state index contributed by atoms with van der Waals surface area (Å²) in [5, 5.41) is 0. The van der Waals surface area contributed by atoms with Crippen LogP contribution in [0.4, 0.5) is 17.1 Å². The van der Waals surface area contributed by atoms with Crippen LogP contribution in [0.3, 0.4) is 0 Å². The van der Waals surface area contributed by atoms with Crippen molar-refractivity contribution in [2.75, 3.05) is 34.1 Å². The number of nitrogens with zero attached hydrogens (tertiary/aromatic N) is 3. The van der Waals surface area contributed by atoms with Crippen LogP contribution in [0.1, 0.15) is 33.4 Å². The van der Waals surface area contributed by atoms with Crippen LogP contribution in [0.2, 0.25) is 0 Å². The average Bonchev–Trinajstić information content (AvgIpc) is 3.21. The molecule has 0 amide bonds. The molecule has 0 aromatic heterocycles. The van der Waals surface area contributed by atoms with Crippen molar-refractivity contribution in [2.45, 2.75) is 40.9 Å². The Balaban J connectivity index is 1.54. The zero-order valence-electron chi connectivity index (χ0n) is 32.4. The summed E-state index contributed by atoms with van der Waals surface area (Å²) < 4.78 is 86.8. The number of hydrogen-bond donors (Lipinski definition) is 0. The molecule has 0 saturated heterocycles. The summed E-state index contributed by atoms with van der Waals surface area (Å²) >= 11 is 0. The molecular formula is C45H43N3O6S3. The highest BCUT2D eigenvalue weighted by atomic mass is 32.2. The van der Waals surface area contributed by atoms with Crippen molar-refractivity contribution >= 4 is 47.1 Å². The van der Waals surface area contributed by atoms with E-state index >= 15 is 0 Å². The number of benzene rings is 6. The van der Waals surface area contributed by atoms with Gasteiger partial charge >= 0.3 is 0 Å². The zero-order valence-corrected chi connectivity index (χ0v) is 34.9. The summed E-state index contributed by atoms with van der Waals surface area (Å²) in [7, 11) is -7.61. The highest BCUT2D eigenvalue weighted by molar-refractivity contribution is 7.93. The molecule has 0 saturated carbocycles. The molecule has 6 rings (SSSR count). The molecule has 292 valence electrons. The topological polar surface area (TPSA) is 112 Å². The molecule has 0 spiro atoms. The van der Waals surface area contributed by atoms with Crippen molar-refractivity contribution in [1.29, 1.82) is 0 Å². The summed E-state index contributed by atoms with van der Waals surface area (Å²) in [6.45, 7) is 5.62. The van der Waals surface area contributed by atoms with Crippen LogP contribution < -0.4 is 12.9 Å². The number of anilines is 3. The molecule has 57 heavy (non-hydrogen) atoms. The second-order valence-corrected chi connectivity index (χ2v) is 19.8. The van der Waals surface area contributed by atoms with Gasteiger partial charge in [0.05, 0.1) is 31.7 Å². The average molecular weight is 818 g/mol. The van der Waals surface area contributed by atoms with Crippen molar-refractivity contribution in [3.63, 3.8) is 0 Å². The zero-order chi connectivity index (χ0) is 41.3. The Morgan fingerprint density at radius 3 is 0.895 bits per heavy atom. The summed E-state index contributed by atoms with van der Waals surface area (Å²) in [5.74, 6) is 2.99. The van der Waals surface area contributed by atoms with Gasteiger partial charge in [0.2, 0.25) is 0 Å². The van der Waals surface area contributed by atoms with Crippen molar-refractivity contribution in [1.82, 2.24) is 0 Å². The molecule has 9 nitrogen and oxygen atoms in total. The van der Waals surface area contributed by atoms with Gasteiger partial charge in [0.15, 0.2) is 0 Å². The van der Waals surface area contributed by atoms with E-state index in [0.717, 1.165) is 16.7 Å². The second kappa shape index (κ2) is 15.6. The molecule has 0 unspecified atom stereocenters. The molecule has 0 atom stereocenters. The monoisotopic (exact) mass is 817 g/mol. The smallest absolute Gasteiger partial charge is 0.264 e. The molecule has 0 fully saturated rings. The normalized spacial score (nSPS) is 12.1. The predicted molar refractivity (Wildman–Crippen MR) is 228 cm³/mol. The van der Waals surface area contributed by atoms with E-state index in [1.807, 2.05) is 20.8 Å². The molecule has 0 heterocycles. The Labute approximate surface area is 337 Å². The van der Waals surface area contributed by atoms with Crippen LogP contribution in [0.5, 0.6) is 0 Å². The van der Waals surface area contributed by atoms with E-state index in [-0.39, 0.29) is 14.7 Å². The van der Waals surface area contributed by atoms with E-state index in [2.05, 4.69) is 5.92 Å². The molecule has 0 aliphatic carbocycles. The number of sulfonamides is 3. The molecule has 0 aliphatic rings. The Hall–Kier alpha value is -5.87. The lowest BCUT2D eigenvalue weighted by atomic mass is 9.70. The Morgan fingerprint density at radius 1 is 0.421 bits per heavy atom. The lowest BCUT2D eigenvalue weighted by Crippen LogP contribution is -2.31. The Bertz CT molecular complexity index is 2520. The van der Waals surface area contributed by atoms with Crippen molar-refractivity contribution in [3.8, 4) is 12.3 Å². The van der Waals surface area contributed by atoms with E-state index in [1.54, 1.807) is 146 Å². The van der Waals surface area contributed by atoms with Crippen LogP contribution in [-0.4, -0.2) is 46.4 Å². The molecule has 0 radical (unpaired) electrons. The molecule has 0 aliphatic heterocycles. The Morgan fingerprint density at radius 2 is 0.667 bits per heavy atom. The van der Waals surface area contributed by atoms with Gasteiger partial charge in [0.1, 0.15) is 5.41 Å². The van der Waals surface area contributed by atoms with Crippen LogP contribution in [0.15, 0.2) is 160 Å². The van der Waals surface area contributed by atoms with Crippen LogP contribution in [0.25, 0.3) is 0 Å². The maximum absolute atomic E-state index is 13.9. The predicted octanol–water partition coefficient (Wildman–Crippen LogP) is 8.05. The van der Waals surface area contributed by atoms with E-state index in [0.29, 0.717) is 33.8 Å². The van der Waals surface area contributed by atoms with Gasteiger partial charge in [-0.15, -0.1) is 6.42 Å². The van der Waals surface area contributed by atoms with E-state index in [1.165, 1.54) is 34.1 Å². The fourth-order valence-electron chi connectivity index (χ4n) is 6.58. The third-order valence-electron chi connectivity index (χ3n) is 10.2. The van der Waals surface area contributed by atoms with E-state index < -0.39 is 35.5 Å². The Kier molecular flexibility index (Phi) is 11.1. The lowest BCUT2D eigenvalue weighted by Gasteiger charge is -2.33. The molecular weight excluding hydrogens is 775 g/mol. The van der Waals surface area contributed by atoms with Crippen LogP contribution in [-0.2, 0) is 35.5 Å². The molecule has 6 aromatic rings. The summed E-state index contributed by atoms with van der Waals surface area (Å²) in [6, 6.07) is 40.1. The third-order valence-corrected chi connectivity index (χ3v) is 15.6. The summed E-state index contributed by atoms with van der Waals surface area (Å²) in [6.07, 6.45) is 6.61. The lowest BCUT2D eigenvalue weighted by molar-refractivity contribution is 0.592. The van der Waals surface area contributed by atoms with Gasteiger partial charge in [-0.25, -0.2) is 25.3 Å². The van der Waals surface area contributed by atoms with Gasteiger partial charge in [-0.2, -0.15) is 0 Å². The highest BCUT2D eigenvalue weighted by Crippen LogP contribution is 2.43. The van der Waals surface area contributed by atoms with Crippen molar-refractivity contribution in [2.24, 2.45) is 0 Å². The van der Waals surface area contributed by atoms with Gasteiger partial charge in [-0.05, 0) is 110 Å².